The van der Waals surface area contributed by atoms with E-state index in [-0.39, 0.29) is 5.41 Å². The molecule has 74 valence electrons. The zero-order chi connectivity index (χ0) is 10.3. The highest BCUT2D eigenvalue weighted by molar-refractivity contribution is 9.10. The van der Waals surface area contributed by atoms with Gasteiger partial charge in [0.15, 0.2) is 0 Å². The Morgan fingerprint density at radius 2 is 2.14 bits per heavy atom. The smallest absolute Gasteiger partial charge is 0.0879 e. The van der Waals surface area contributed by atoms with Gasteiger partial charge in [-0.1, -0.05) is 41.0 Å². The largest absolute Gasteiger partial charge is 0.411 e. The molecule has 2 nitrogen and oxygen atoms in total. The third kappa shape index (κ3) is 1.36. The molecule has 0 spiro atoms. The van der Waals surface area contributed by atoms with E-state index < -0.39 is 0 Å². The molecule has 0 radical (unpaired) electrons. The van der Waals surface area contributed by atoms with Crippen LogP contribution in [0.15, 0.2) is 27.8 Å². The molecule has 0 fully saturated rings. The molecule has 0 amide bonds. The summed E-state index contributed by atoms with van der Waals surface area (Å²) in [6.45, 7) is 4.33. The fraction of sp³-hybridized carbons (Fsp3) is 0.364. The van der Waals surface area contributed by atoms with E-state index in [1.807, 2.05) is 12.1 Å². The maximum Gasteiger partial charge on any atom is 0.0879 e. The fourth-order valence-corrected chi connectivity index (χ4v) is 2.39. The van der Waals surface area contributed by atoms with E-state index in [1.54, 1.807) is 0 Å². The number of hydrogen-bond donors (Lipinski definition) is 1. The van der Waals surface area contributed by atoms with Gasteiger partial charge in [0.1, 0.15) is 0 Å². The average molecular weight is 254 g/mol. The number of rotatable bonds is 0. The summed E-state index contributed by atoms with van der Waals surface area (Å²) in [6, 6.07) is 6.09. The molecule has 0 heterocycles. The molecule has 0 saturated heterocycles. The van der Waals surface area contributed by atoms with E-state index in [9.17, 15) is 0 Å². The quantitative estimate of drug-likeness (QED) is 0.559. The average Bonchev–Trinajstić information content (AvgIpc) is 2.38. The van der Waals surface area contributed by atoms with Gasteiger partial charge in [0, 0.05) is 16.5 Å². The summed E-state index contributed by atoms with van der Waals surface area (Å²) >= 11 is 3.46. The van der Waals surface area contributed by atoms with Crippen LogP contribution in [0.4, 0.5) is 0 Å². The molecule has 1 aromatic carbocycles. The lowest BCUT2D eigenvalue weighted by Gasteiger charge is -2.17. The Morgan fingerprint density at radius 1 is 1.43 bits per heavy atom. The minimum absolute atomic E-state index is 0.0701. The first-order chi connectivity index (χ1) is 6.54. The number of oxime groups is 1. The number of hydrogen-bond acceptors (Lipinski definition) is 2. The van der Waals surface area contributed by atoms with E-state index in [1.165, 1.54) is 5.56 Å². The van der Waals surface area contributed by atoms with Crippen LogP contribution in [0.5, 0.6) is 0 Å². The van der Waals surface area contributed by atoms with Crippen LogP contribution in [0.3, 0.4) is 0 Å². The zero-order valence-electron chi connectivity index (χ0n) is 8.21. The minimum Gasteiger partial charge on any atom is -0.411 e. The summed E-state index contributed by atoms with van der Waals surface area (Å²) in [6.07, 6.45) is 0.801. The summed E-state index contributed by atoms with van der Waals surface area (Å²) in [5, 5.41) is 12.2. The van der Waals surface area contributed by atoms with Crippen LogP contribution in [-0.4, -0.2) is 10.9 Å². The molecule has 0 aliphatic heterocycles. The van der Waals surface area contributed by atoms with Crippen molar-refractivity contribution < 1.29 is 5.21 Å². The highest BCUT2D eigenvalue weighted by Crippen LogP contribution is 2.39. The summed E-state index contributed by atoms with van der Waals surface area (Å²) in [4.78, 5) is 0. The second-order valence-electron chi connectivity index (χ2n) is 4.30. The summed E-state index contributed by atoms with van der Waals surface area (Å²) < 4.78 is 1.07. The molecule has 0 atom stereocenters. The Kier molecular flexibility index (Phi) is 2.14. The third-order valence-electron chi connectivity index (χ3n) is 2.75. The van der Waals surface area contributed by atoms with Crippen molar-refractivity contribution in [2.45, 2.75) is 25.7 Å². The van der Waals surface area contributed by atoms with Gasteiger partial charge in [0.2, 0.25) is 0 Å². The second-order valence-corrected chi connectivity index (χ2v) is 5.21. The highest BCUT2D eigenvalue weighted by Gasteiger charge is 2.34. The first-order valence-corrected chi connectivity index (χ1v) is 5.35. The van der Waals surface area contributed by atoms with Crippen molar-refractivity contribution in [2.24, 2.45) is 5.16 Å². The Balaban J connectivity index is 2.66. The normalized spacial score (nSPS) is 21.2. The van der Waals surface area contributed by atoms with Crippen LogP contribution in [0, 0.1) is 0 Å². The Bertz CT molecular complexity index is 410. The van der Waals surface area contributed by atoms with Gasteiger partial charge >= 0.3 is 0 Å². The van der Waals surface area contributed by atoms with Gasteiger partial charge in [-0.15, -0.1) is 0 Å². The highest BCUT2D eigenvalue weighted by atomic mass is 79.9. The first kappa shape index (κ1) is 9.71. The molecular weight excluding hydrogens is 242 g/mol. The maximum absolute atomic E-state index is 8.89. The zero-order valence-corrected chi connectivity index (χ0v) is 9.80. The van der Waals surface area contributed by atoms with E-state index in [4.69, 9.17) is 5.21 Å². The number of fused-ring (bicyclic) bond motifs is 1. The number of benzene rings is 1. The van der Waals surface area contributed by atoms with Crippen molar-refractivity contribution in [1.29, 1.82) is 0 Å². The lowest BCUT2D eigenvalue weighted by Crippen LogP contribution is -2.12. The van der Waals surface area contributed by atoms with Crippen molar-refractivity contribution in [1.82, 2.24) is 0 Å². The Hall–Kier alpha value is -0.830. The van der Waals surface area contributed by atoms with E-state index in [2.05, 4.69) is 41.0 Å². The van der Waals surface area contributed by atoms with Crippen LogP contribution in [0.2, 0.25) is 0 Å². The molecule has 0 saturated carbocycles. The van der Waals surface area contributed by atoms with Gasteiger partial charge < -0.3 is 5.21 Å². The van der Waals surface area contributed by atoms with E-state index in [0.29, 0.717) is 0 Å². The van der Waals surface area contributed by atoms with Gasteiger partial charge in [-0.3, -0.25) is 0 Å². The predicted octanol–water partition coefficient (Wildman–Crippen LogP) is 3.31. The summed E-state index contributed by atoms with van der Waals surface area (Å²) in [5.41, 5.74) is 3.18. The lowest BCUT2D eigenvalue weighted by molar-refractivity contribution is 0.317. The predicted molar refractivity (Wildman–Crippen MR) is 60.1 cm³/mol. The lowest BCUT2D eigenvalue weighted by atomic mass is 9.87. The first-order valence-electron chi connectivity index (χ1n) is 4.56. The number of halogens is 1. The molecule has 3 heteroatoms. The fourth-order valence-electron chi connectivity index (χ4n) is 2.03. The second kappa shape index (κ2) is 3.09. The van der Waals surface area contributed by atoms with Crippen molar-refractivity contribution in [3.05, 3.63) is 33.8 Å². The molecule has 0 aromatic heterocycles. The topological polar surface area (TPSA) is 32.6 Å². The minimum atomic E-state index is 0.0701. The van der Waals surface area contributed by atoms with Gasteiger partial charge in [-0.2, -0.15) is 0 Å². The van der Waals surface area contributed by atoms with Gasteiger partial charge in [0.25, 0.3) is 0 Å². The molecular formula is C11H12BrNO. The molecule has 1 N–H and O–H groups in total. The van der Waals surface area contributed by atoms with Crippen LogP contribution >= 0.6 is 15.9 Å². The third-order valence-corrected chi connectivity index (χ3v) is 3.24. The van der Waals surface area contributed by atoms with Crippen LogP contribution < -0.4 is 0 Å². The monoisotopic (exact) mass is 253 g/mol. The van der Waals surface area contributed by atoms with Crippen molar-refractivity contribution in [2.75, 3.05) is 0 Å². The number of nitrogens with zero attached hydrogens (tertiary/aromatic N) is 1. The van der Waals surface area contributed by atoms with Crippen molar-refractivity contribution in [3.8, 4) is 0 Å². The van der Waals surface area contributed by atoms with Crippen LogP contribution in [0.1, 0.15) is 31.4 Å². The molecule has 0 bridgehead atoms. The Morgan fingerprint density at radius 3 is 2.79 bits per heavy atom. The van der Waals surface area contributed by atoms with Crippen molar-refractivity contribution in [3.63, 3.8) is 0 Å². The van der Waals surface area contributed by atoms with Crippen molar-refractivity contribution >= 4 is 21.6 Å². The SMILES string of the molecule is CC1(C)C/C(=N/O)c2ccc(Br)cc21. The molecule has 1 aromatic rings. The molecule has 1 aliphatic carbocycles. The molecule has 0 unspecified atom stereocenters. The van der Waals surface area contributed by atoms with Gasteiger partial charge in [0.05, 0.1) is 5.71 Å². The van der Waals surface area contributed by atoms with Crippen LogP contribution in [-0.2, 0) is 5.41 Å². The van der Waals surface area contributed by atoms with Gasteiger partial charge in [-0.25, -0.2) is 0 Å². The summed E-state index contributed by atoms with van der Waals surface area (Å²) in [7, 11) is 0. The maximum atomic E-state index is 8.89. The van der Waals surface area contributed by atoms with Crippen LogP contribution in [0.25, 0.3) is 0 Å². The van der Waals surface area contributed by atoms with E-state index in [0.717, 1.165) is 22.2 Å². The molecule has 2 rings (SSSR count). The standard InChI is InChI=1S/C11H12BrNO/c1-11(2)6-10(13-14)8-4-3-7(12)5-9(8)11/h3-5,14H,6H2,1-2H3/b13-10-. The molecule has 14 heavy (non-hydrogen) atoms. The summed E-state index contributed by atoms with van der Waals surface area (Å²) in [5.74, 6) is 0. The van der Waals surface area contributed by atoms with Gasteiger partial charge in [-0.05, 0) is 23.1 Å². The molecule has 1 aliphatic rings. The Labute approximate surface area is 91.8 Å². The van der Waals surface area contributed by atoms with E-state index >= 15 is 0 Å².